The number of carbonyl (C=O) groups is 2. The third kappa shape index (κ3) is 3.76. The lowest BCUT2D eigenvalue weighted by atomic mass is 9.73. The molecule has 0 aliphatic heterocycles. The van der Waals surface area contributed by atoms with E-state index in [1.807, 2.05) is 60.7 Å². The van der Waals surface area contributed by atoms with E-state index in [4.69, 9.17) is 0 Å². The summed E-state index contributed by atoms with van der Waals surface area (Å²) >= 11 is 0. The molecule has 0 heterocycles. The van der Waals surface area contributed by atoms with E-state index in [1.165, 1.54) is 0 Å². The average molecular weight is 306 g/mol. The molecule has 1 aliphatic carbocycles. The molecule has 23 heavy (non-hydrogen) atoms. The number of ketones is 2. The Labute approximate surface area is 137 Å². The Bertz CT molecular complexity index is 661. The Hall–Kier alpha value is -2.22. The fourth-order valence-electron chi connectivity index (χ4n) is 3.57. The number of rotatable bonds is 5. The van der Waals surface area contributed by atoms with Crippen molar-refractivity contribution in [2.24, 2.45) is 5.92 Å². The van der Waals surface area contributed by atoms with Crippen molar-refractivity contribution in [1.82, 2.24) is 0 Å². The van der Waals surface area contributed by atoms with Crippen LogP contribution >= 0.6 is 0 Å². The summed E-state index contributed by atoms with van der Waals surface area (Å²) in [5.74, 6) is 0.430. The first-order valence-electron chi connectivity index (χ1n) is 8.41. The maximum absolute atomic E-state index is 12.7. The molecule has 0 aromatic heterocycles. The minimum atomic E-state index is -0.0150. The van der Waals surface area contributed by atoms with Crippen LogP contribution in [0.3, 0.4) is 0 Å². The van der Waals surface area contributed by atoms with Crippen molar-refractivity contribution in [2.75, 3.05) is 0 Å². The lowest BCUT2D eigenvalue weighted by molar-refractivity contribution is -0.125. The monoisotopic (exact) mass is 306 g/mol. The topological polar surface area (TPSA) is 34.1 Å². The number of Topliss-reactive ketones (excluding diaryl/α,β-unsaturated/α-hetero) is 2. The number of hydrogen-bond acceptors (Lipinski definition) is 2. The van der Waals surface area contributed by atoms with Crippen LogP contribution in [0, 0.1) is 5.92 Å². The predicted molar refractivity (Wildman–Crippen MR) is 91.5 cm³/mol. The van der Waals surface area contributed by atoms with Gasteiger partial charge in [0, 0.05) is 30.2 Å². The van der Waals surface area contributed by atoms with Crippen molar-refractivity contribution >= 4 is 11.6 Å². The van der Waals surface area contributed by atoms with Crippen LogP contribution in [0.1, 0.15) is 53.9 Å². The summed E-state index contributed by atoms with van der Waals surface area (Å²) in [7, 11) is 0. The summed E-state index contributed by atoms with van der Waals surface area (Å²) in [5.41, 5.74) is 1.84. The lowest BCUT2D eigenvalue weighted by Crippen LogP contribution is -2.27. The van der Waals surface area contributed by atoms with E-state index in [-0.39, 0.29) is 17.6 Å². The molecule has 1 aliphatic rings. The summed E-state index contributed by atoms with van der Waals surface area (Å²) < 4.78 is 0. The zero-order valence-electron chi connectivity index (χ0n) is 13.3. The Morgan fingerprint density at radius 2 is 1.61 bits per heavy atom. The second-order valence-electron chi connectivity index (χ2n) is 6.33. The average Bonchev–Trinajstić information content (AvgIpc) is 2.62. The molecule has 2 atom stereocenters. The second kappa shape index (κ2) is 7.36. The number of hydrogen-bond donors (Lipinski definition) is 0. The van der Waals surface area contributed by atoms with E-state index in [2.05, 4.69) is 0 Å². The van der Waals surface area contributed by atoms with Crippen LogP contribution in [0.5, 0.6) is 0 Å². The van der Waals surface area contributed by atoms with Gasteiger partial charge in [0.15, 0.2) is 5.78 Å². The van der Waals surface area contributed by atoms with E-state index < -0.39 is 0 Å². The van der Waals surface area contributed by atoms with Crippen LogP contribution < -0.4 is 0 Å². The molecular weight excluding hydrogens is 284 g/mol. The zero-order valence-corrected chi connectivity index (χ0v) is 13.3. The van der Waals surface area contributed by atoms with Crippen LogP contribution in [0.25, 0.3) is 0 Å². The van der Waals surface area contributed by atoms with Crippen molar-refractivity contribution in [2.45, 2.75) is 38.0 Å². The quantitative estimate of drug-likeness (QED) is 0.743. The number of benzene rings is 2. The highest BCUT2D eigenvalue weighted by molar-refractivity contribution is 5.97. The van der Waals surface area contributed by atoms with Crippen molar-refractivity contribution in [3.63, 3.8) is 0 Å². The minimum Gasteiger partial charge on any atom is -0.299 e. The molecule has 1 saturated carbocycles. The van der Waals surface area contributed by atoms with Gasteiger partial charge in [-0.05, 0) is 18.4 Å². The van der Waals surface area contributed by atoms with Crippen LogP contribution in [0.15, 0.2) is 60.7 Å². The highest BCUT2D eigenvalue weighted by Crippen LogP contribution is 2.37. The summed E-state index contributed by atoms with van der Waals surface area (Å²) in [4.78, 5) is 25.1. The van der Waals surface area contributed by atoms with Crippen LogP contribution in [0.2, 0.25) is 0 Å². The van der Waals surface area contributed by atoms with Crippen LogP contribution in [0.4, 0.5) is 0 Å². The smallest absolute Gasteiger partial charge is 0.163 e. The molecule has 0 unspecified atom stereocenters. The third-order valence-electron chi connectivity index (χ3n) is 4.82. The van der Waals surface area contributed by atoms with Crippen LogP contribution in [-0.4, -0.2) is 11.6 Å². The standard InChI is InChI=1S/C21H22O2/c22-20-14-8-7-13-18(20)19(16-9-3-1-4-10-16)15-21(23)17-11-5-2-6-12-17/h1-6,9-12,18-19H,7-8,13-15H2/t18-,19+/m1/s1. The molecule has 2 aromatic carbocycles. The molecule has 2 nitrogen and oxygen atoms in total. The van der Waals surface area contributed by atoms with Gasteiger partial charge in [-0.1, -0.05) is 67.1 Å². The first-order chi connectivity index (χ1) is 11.3. The molecule has 1 fully saturated rings. The molecule has 118 valence electrons. The van der Waals surface area contributed by atoms with Gasteiger partial charge in [-0.25, -0.2) is 0 Å². The van der Waals surface area contributed by atoms with Gasteiger partial charge in [-0.2, -0.15) is 0 Å². The van der Waals surface area contributed by atoms with E-state index in [0.717, 1.165) is 30.4 Å². The molecule has 0 N–H and O–H groups in total. The first kappa shape index (κ1) is 15.7. The van der Waals surface area contributed by atoms with Crippen LogP contribution in [-0.2, 0) is 4.79 Å². The van der Waals surface area contributed by atoms with Gasteiger partial charge in [-0.3, -0.25) is 9.59 Å². The molecule has 0 radical (unpaired) electrons. The predicted octanol–water partition coefficient (Wildman–Crippen LogP) is 4.80. The molecule has 2 aromatic rings. The van der Waals surface area contributed by atoms with Crippen molar-refractivity contribution in [1.29, 1.82) is 0 Å². The van der Waals surface area contributed by atoms with Crippen molar-refractivity contribution in [3.8, 4) is 0 Å². The molecule has 0 spiro atoms. The highest BCUT2D eigenvalue weighted by atomic mass is 16.1. The Kier molecular flexibility index (Phi) is 5.02. The maximum atomic E-state index is 12.7. The Balaban J connectivity index is 1.86. The van der Waals surface area contributed by atoms with Crippen molar-refractivity contribution < 1.29 is 9.59 Å². The van der Waals surface area contributed by atoms with Gasteiger partial charge < -0.3 is 0 Å². The maximum Gasteiger partial charge on any atom is 0.163 e. The van der Waals surface area contributed by atoms with Gasteiger partial charge in [0.25, 0.3) is 0 Å². The van der Waals surface area contributed by atoms with Crippen molar-refractivity contribution in [3.05, 3.63) is 71.8 Å². The SMILES string of the molecule is O=C(C[C@@H](c1ccccc1)[C@H]1CCCCC1=O)c1ccccc1. The van der Waals surface area contributed by atoms with Gasteiger partial charge in [-0.15, -0.1) is 0 Å². The summed E-state index contributed by atoms with van der Waals surface area (Å²) in [6, 6.07) is 19.4. The molecule has 0 saturated heterocycles. The summed E-state index contributed by atoms with van der Waals surface area (Å²) in [6.45, 7) is 0. The van der Waals surface area contributed by atoms with E-state index >= 15 is 0 Å². The molecule has 3 rings (SSSR count). The zero-order chi connectivity index (χ0) is 16.1. The van der Waals surface area contributed by atoms with Gasteiger partial charge >= 0.3 is 0 Å². The summed E-state index contributed by atoms with van der Waals surface area (Å²) in [6.07, 6.45) is 4.04. The highest BCUT2D eigenvalue weighted by Gasteiger charge is 2.32. The Morgan fingerprint density at radius 1 is 0.957 bits per heavy atom. The fraction of sp³-hybridized carbons (Fsp3) is 0.333. The first-order valence-corrected chi connectivity index (χ1v) is 8.41. The van der Waals surface area contributed by atoms with E-state index in [1.54, 1.807) is 0 Å². The molecule has 0 amide bonds. The number of carbonyl (C=O) groups excluding carboxylic acids is 2. The van der Waals surface area contributed by atoms with Gasteiger partial charge in [0.05, 0.1) is 0 Å². The van der Waals surface area contributed by atoms with Gasteiger partial charge in [0.2, 0.25) is 0 Å². The third-order valence-corrected chi connectivity index (χ3v) is 4.82. The normalized spacial score (nSPS) is 19.3. The van der Waals surface area contributed by atoms with E-state index in [0.29, 0.717) is 18.6 Å². The second-order valence-corrected chi connectivity index (χ2v) is 6.33. The van der Waals surface area contributed by atoms with E-state index in [9.17, 15) is 9.59 Å². The molecule has 2 heteroatoms. The van der Waals surface area contributed by atoms with Gasteiger partial charge in [0.1, 0.15) is 5.78 Å². The Morgan fingerprint density at radius 3 is 2.26 bits per heavy atom. The minimum absolute atomic E-state index is 0.00305. The summed E-state index contributed by atoms with van der Waals surface area (Å²) in [5, 5.41) is 0. The fourth-order valence-corrected chi connectivity index (χ4v) is 3.57. The lowest BCUT2D eigenvalue weighted by Gasteiger charge is -2.29. The molecular formula is C21H22O2. The molecule has 0 bridgehead atoms. The largest absolute Gasteiger partial charge is 0.299 e.